The van der Waals surface area contributed by atoms with Gasteiger partial charge in [-0.25, -0.2) is 9.78 Å². The number of hydrogen-bond donors (Lipinski definition) is 0. The van der Waals surface area contributed by atoms with Crippen LogP contribution in [-0.2, 0) is 4.74 Å². The van der Waals surface area contributed by atoms with Gasteiger partial charge in [-0.2, -0.15) is 0 Å². The number of pyridine rings is 2. The Bertz CT molecular complexity index is 558. The molecule has 2 aromatic rings. The highest BCUT2D eigenvalue weighted by molar-refractivity contribution is 6.33. The molecule has 2 aromatic heterocycles. The average Bonchev–Trinajstić information content (AvgIpc) is 2.40. The summed E-state index contributed by atoms with van der Waals surface area (Å²) in [5.74, 6) is -0.515. The fourth-order valence-electron chi connectivity index (χ4n) is 1.47. The van der Waals surface area contributed by atoms with E-state index in [4.69, 9.17) is 16.3 Å². The molecule has 0 saturated heterocycles. The highest BCUT2D eigenvalue weighted by atomic mass is 35.5. The number of carbonyl (C=O) groups is 1. The molecule has 0 amide bonds. The van der Waals surface area contributed by atoms with Crippen LogP contribution in [0.4, 0.5) is 0 Å². The lowest BCUT2D eigenvalue weighted by Gasteiger charge is -2.06. The molecule has 0 fully saturated rings. The van der Waals surface area contributed by atoms with Gasteiger partial charge < -0.3 is 4.74 Å². The molecule has 4 nitrogen and oxygen atoms in total. The third kappa shape index (κ3) is 2.65. The number of hydrogen-bond acceptors (Lipinski definition) is 4. The summed E-state index contributed by atoms with van der Waals surface area (Å²) in [6.45, 7) is 2.02. The summed E-state index contributed by atoms with van der Waals surface area (Å²) in [7, 11) is 0. The van der Waals surface area contributed by atoms with Crippen LogP contribution in [-0.4, -0.2) is 22.5 Å². The molecule has 0 unspecified atom stereocenters. The lowest BCUT2D eigenvalue weighted by atomic mass is 10.1. The van der Waals surface area contributed by atoms with Gasteiger partial charge in [0.1, 0.15) is 0 Å². The Morgan fingerprint density at radius 1 is 1.28 bits per heavy atom. The van der Waals surface area contributed by atoms with Gasteiger partial charge in [-0.05, 0) is 31.2 Å². The molecule has 0 aliphatic rings. The van der Waals surface area contributed by atoms with Crippen molar-refractivity contribution in [2.24, 2.45) is 0 Å². The van der Waals surface area contributed by atoms with Crippen LogP contribution in [0.5, 0.6) is 0 Å². The second kappa shape index (κ2) is 5.60. The Hall–Kier alpha value is -1.94. The minimum absolute atomic E-state index is 0.132. The smallest absolute Gasteiger partial charge is 0.358 e. The van der Waals surface area contributed by atoms with E-state index in [1.807, 2.05) is 12.1 Å². The van der Waals surface area contributed by atoms with Crippen LogP contribution in [0.25, 0.3) is 11.3 Å². The van der Waals surface area contributed by atoms with Gasteiger partial charge in [-0.1, -0.05) is 11.6 Å². The quantitative estimate of drug-likeness (QED) is 0.798. The highest BCUT2D eigenvalue weighted by Crippen LogP contribution is 2.21. The molecule has 0 atom stereocenters. The third-order valence-electron chi connectivity index (χ3n) is 2.29. The summed E-state index contributed by atoms with van der Waals surface area (Å²) in [5, 5.41) is 0.284. The van der Waals surface area contributed by atoms with Crippen LogP contribution in [0.3, 0.4) is 0 Å². The van der Waals surface area contributed by atoms with Gasteiger partial charge in [-0.3, -0.25) is 4.98 Å². The van der Waals surface area contributed by atoms with E-state index in [0.29, 0.717) is 5.69 Å². The average molecular weight is 263 g/mol. The molecule has 0 radical (unpaired) electrons. The van der Waals surface area contributed by atoms with Crippen molar-refractivity contribution in [2.75, 3.05) is 6.61 Å². The Morgan fingerprint density at radius 2 is 2.00 bits per heavy atom. The number of esters is 1. The number of ether oxygens (including phenoxy) is 1. The first-order chi connectivity index (χ1) is 8.72. The van der Waals surface area contributed by atoms with Crippen LogP contribution < -0.4 is 0 Å². The molecule has 5 heteroatoms. The standard InChI is InChI=1S/C13H11ClN2O2/c1-2-18-13(17)12-10(14)3-4-11(16-12)9-5-7-15-8-6-9/h3-8H,2H2,1H3. The van der Waals surface area contributed by atoms with E-state index in [2.05, 4.69) is 9.97 Å². The van der Waals surface area contributed by atoms with E-state index in [-0.39, 0.29) is 17.3 Å². The molecular formula is C13H11ClN2O2. The van der Waals surface area contributed by atoms with Crippen LogP contribution in [0.2, 0.25) is 5.02 Å². The lowest BCUT2D eigenvalue weighted by molar-refractivity contribution is 0.0520. The first kappa shape index (κ1) is 12.5. The molecule has 0 N–H and O–H groups in total. The van der Waals surface area contributed by atoms with Crippen molar-refractivity contribution in [2.45, 2.75) is 6.92 Å². The van der Waals surface area contributed by atoms with Crippen LogP contribution in [0, 0.1) is 0 Å². The van der Waals surface area contributed by atoms with Crippen molar-refractivity contribution in [1.82, 2.24) is 9.97 Å². The monoisotopic (exact) mass is 262 g/mol. The second-order valence-corrected chi connectivity index (χ2v) is 3.89. The number of nitrogens with zero attached hydrogens (tertiary/aromatic N) is 2. The molecule has 2 heterocycles. The van der Waals surface area contributed by atoms with E-state index < -0.39 is 5.97 Å². The van der Waals surface area contributed by atoms with Gasteiger partial charge in [0.15, 0.2) is 5.69 Å². The molecule has 0 aliphatic carbocycles. The van der Waals surface area contributed by atoms with Crippen LogP contribution >= 0.6 is 11.6 Å². The maximum atomic E-state index is 11.7. The summed E-state index contributed by atoms with van der Waals surface area (Å²) in [6, 6.07) is 7.01. The highest BCUT2D eigenvalue weighted by Gasteiger charge is 2.14. The predicted octanol–water partition coefficient (Wildman–Crippen LogP) is 2.97. The topological polar surface area (TPSA) is 52.1 Å². The van der Waals surface area contributed by atoms with Crippen LogP contribution in [0.1, 0.15) is 17.4 Å². The van der Waals surface area contributed by atoms with Crippen molar-refractivity contribution in [1.29, 1.82) is 0 Å². The van der Waals surface area contributed by atoms with E-state index in [1.165, 1.54) is 0 Å². The van der Waals surface area contributed by atoms with Gasteiger partial charge in [0.05, 0.1) is 17.3 Å². The zero-order valence-electron chi connectivity index (χ0n) is 9.76. The Balaban J connectivity index is 2.41. The normalized spacial score (nSPS) is 10.1. The van der Waals surface area contributed by atoms with E-state index in [0.717, 1.165) is 5.56 Å². The van der Waals surface area contributed by atoms with E-state index in [9.17, 15) is 4.79 Å². The Kier molecular flexibility index (Phi) is 3.89. The molecule has 0 bridgehead atoms. The molecule has 0 aromatic carbocycles. The molecule has 2 rings (SSSR count). The Labute approximate surface area is 110 Å². The summed E-state index contributed by atoms with van der Waals surface area (Å²) in [5.41, 5.74) is 1.66. The lowest BCUT2D eigenvalue weighted by Crippen LogP contribution is -2.08. The SMILES string of the molecule is CCOC(=O)c1nc(-c2ccncc2)ccc1Cl. The summed E-state index contributed by atoms with van der Waals surface area (Å²) >= 11 is 5.94. The first-order valence-electron chi connectivity index (χ1n) is 5.46. The molecule has 18 heavy (non-hydrogen) atoms. The third-order valence-corrected chi connectivity index (χ3v) is 2.60. The number of halogens is 1. The number of carbonyl (C=O) groups excluding carboxylic acids is 1. The zero-order valence-corrected chi connectivity index (χ0v) is 10.5. The zero-order chi connectivity index (χ0) is 13.0. The maximum absolute atomic E-state index is 11.7. The number of rotatable bonds is 3. The predicted molar refractivity (Wildman–Crippen MR) is 68.4 cm³/mol. The van der Waals surface area contributed by atoms with E-state index in [1.54, 1.807) is 31.5 Å². The van der Waals surface area contributed by atoms with Gasteiger partial charge in [0.25, 0.3) is 0 Å². The van der Waals surface area contributed by atoms with Crippen molar-refractivity contribution in [3.63, 3.8) is 0 Å². The molecule has 0 spiro atoms. The van der Waals surface area contributed by atoms with E-state index >= 15 is 0 Å². The van der Waals surface area contributed by atoms with Crippen molar-refractivity contribution < 1.29 is 9.53 Å². The fraction of sp³-hybridized carbons (Fsp3) is 0.154. The van der Waals surface area contributed by atoms with Gasteiger partial charge in [0.2, 0.25) is 0 Å². The van der Waals surface area contributed by atoms with Gasteiger partial charge in [-0.15, -0.1) is 0 Å². The summed E-state index contributed by atoms with van der Waals surface area (Å²) < 4.78 is 4.90. The van der Waals surface area contributed by atoms with Crippen molar-refractivity contribution >= 4 is 17.6 Å². The molecule has 92 valence electrons. The second-order valence-electron chi connectivity index (χ2n) is 3.48. The summed E-state index contributed by atoms with van der Waals surface area (Å²) in [4.78, 5) is 19.8. The minimum Gasteiger partial charge on any atom is -0.461 e. The Morgan fingerprint density at radius 3 is 2.67 bits per heavy atom. The van der Waals surface area contributed by atoms with Crippen LogP contribution in [0.15, 0.2) is 36.7 Å². The maximum Gasteiger partial charge on any atom is 0.358 e. The fourth-order valence-corrected chi connectivity index (χ4v) is 1.65. The molecular weight excluding hydrogens is 252 g/mol. The van der Waals surface area contributed by atoms with Crippen molar-refractivity contribution in [3.8, 4) is 11.3 Å². The van der Waals surface area contributed by atoms with Crippen molar-refractivity contribution in [3.05, 3.63) is 47.4 Å². The number of aromatic nitrogens is 2. The largest absolute Gasteiger partial charge is 0.461 e. The van der Waals surface area contributed by atoms with Gasteiger partial charge >= 0.3 is 5.97 Å². The van der Waals surface area contributed by atoms with Gasteiger partial charge in [0, 0.05) is 18.0 Å². The molecule has 0 aliphatic heterocycles. The first-order valence-corrected chi connectivity index (χ1v) is 5.84. The summed E-state index contributed by atoms with van der Waals surface area (Å²) in [6.07, 6.45) is 3.32. The molecule has 0 saturated carbocycles. The minimum atomic E-state index is -0.515.